The smallest absolute Gasteiger partial charge is 0.144 e. The predicted octanol–water partition coefficient (Wildman–Crippen LogP) is 2.95. The van der Waals surface area contributed by atoms with Crippen LogP contribution in [0.25, 0.3) is 0 Å². The highest BCUT2D eigenvalue weighted by Gasteiger charge is 2.00. The number of nitrogens with zero attached hydrogens (tertiary/aromatic N) is 1. The standard InChI is InChI=1S/C9H12BrClN2O/c1-14-4-2-3-12-9-8(11)5-7(10)6-13-9/h5-6H,2-4H2,1H3,(H,12,13). The van der Waals surface area contributed by atoms with Gasteiger partial charge in [-0.15, -0.1) is 0 Å². The first-order valence-electron chi connectivity index (χ1n) is 4.28. The van der Waals surface area contributed by atoms with Crippen molar-refractivity contribution in [1.82, 2.24) is 4.98 Å². The molecule has 0 bridgehead atoms. The van der Waals surface area contributed by atoms with Crippen molar-refractivity contribution in [3.63, 3.8) is 0 Å². The minimum absolute atomic E-state index is 0.622. The molecule has 0 spiro atoms. The van der Waals surface area contributed by atoms with Crippen LogP contribution in [0.15, 0.2) is 16.7 Å². The van der Waals surface area contributed by atoms with Gasteiger partial charge in [0.15, 0.2) is 0 Å². The second kappa shape index (κ2) is 6.22. The molecule has 0 aliphatic rings. The van der Waals surface area contributed by atoms with Crippen LogP contribution in [0, 0.1) is 0 Å². The van der Waals surface area contributed by atoms with Crippen LogP contribution in [0.2, 0.25) is 5.02 Å². The Labute approximate surface area is 96.9 Å². The number of ether oxygens (including phenoxy) is 1. The molecule has 1 N–H and O–H groups in total. The highest BCUT2D eigenvalue weighted by molar-refractivity contribution is 9.10. The topological polar surface area (TPSA) is 34.1 Å². The lowest BCUT2D eigenvalue weighted by molar-refractivity contribution is 0.198. The van der Waals surface area contributed by atoms with E-state index in [1.165, 1.54) is 0 Å². The Kier molecular flexibility index (Phi) is 5.22. The molecule has 0 unspecified atom stereocenters. The van der Waals surface area contributed by atoms with E-state index in [1.54, 1.807) is 13.3 Å². The van der Waals surface area contributed by atoms with E-state index in [4.69, 9.17) is 16.3 Å². The molecular formula is C9H12BrClN2O. The molecule has 14 heavy (non-hydrogen) atoms. The van der Waals surface area contributed by atoms with E-state index in [2.05, 4.69) is 26.2 Å². The molecule has 0 aliphatic carbocycles. The molecule has 0 aliphatic heterocycles. The summed E-state index contributed by atoms with van der Waals surface area (Å²) in [6.45, 7) is 1.54. The maximum Gasteiger partial charge on any atom is 0.144 e. The number of methoxy groups -OCH3 is 1. The Morgan fingerprint density at radius 3 is 3.07 bits per heavy atom. The molecule has 0 radical (unpaired) electrons. The highest BCUT2D eigenvalue weighted by atomic mass is 79.9. The maximum atomic E-state index is 5.96. The Balaban J connectivity index is 2.42. The molecule has 0 aromatic carbocycles. The average molecular weight is 280 g/mol. The summed E-state index contributed by atoms with van der Waals surface area (Å²) in [7, 11) is 1.69. The number of pyridine rings is 1. The molecule has 0 saturated heterocycles. The normalized spacial score (nSPS) is 10.2. The molecule has 0 saturated carbocycles. The predicted molar refractivity (Wildman–Crippen MR) is 61.9 cm³/mol. The second-order valence-corrected chi connectivity index (χ2v) is 4.08. The van der Waals surface area contributed by atoms with Crippen molar-refractivity contribution in [2.75, 3.05) is 25.6 Å². The summed E-state index contributed by atoms with van der Waals surface area (Å²) in [5, 5.41) is 3.75. The lowest BCUT2D eigenvalue weighted by Gasteiger charge is -2.06. The zero-order chi connectivity index (χ0) is 10.4. The van der Waals surface area contributed by atoms with Gasteiger partial charge in [0, 0.05) is 30.9 Å². The maximum absolute atomic E-state index is 5.96. The Hall–Kier alpha value is -0.320. The van der Waals surface area contributed by atoms with Crippen LogP contribution in [0.1, 0.15) is 6.42 Å². The molecule has 5 heteroatoms. The number of rotatable bonds is 5. The molecule has 1 aromatic rings. The van der Waals surface area contributed by atoms with Crippen LogP contribution < -0.4 is 5.32 Å². The minimum Gasteiger partial charge on any atom is -0.385 e. The minimum atomic E-state index is 0.622. The van der Waals surface area contributed by atoms with Crippen LogP contribution in [0.5, 0.6) is 0 Å². The monoisotopic (exact) mass is 278 g/mol. The molecule has 1 aromatic heterocycles. The Morgan fingerprint density at radius 1 is 1.64 bits per heavy atom. The van der Waals surface area contributed by atoms with E-state index < -0.39 is 0 Å². The van der Waals surface area contributed by atoms with E-state index in [0.717, 1.165) is 24.0 Å². The Morgan fingerprint density at radius 2 is 2.43 bits per heavy atom. The number of nitrogens with one attached hydrogen (secondary N) is 1. The van der Waals surface area contributed by atoms with Gasteiger partial charge in [-0.05, 0) is 28.4 Å². The largest absolute Gasteiger partial charge is 0.385 e. The SMILES string of the molecule is COCCCNc1ncc(Br)cc1Cl. The summed E-state index contributed by atoms with van der Waals surface area (Å²) in [6.07, 6.45) is 2.65. The fraction of sp³-hybridized carbons (Fsp3) is 0.444. The van der Waals surface area contributed by atoms with Crippen molar-refractivity contribution in [2.45, 2.75) is 6.42 Å². The molecule has 0 amide bonds. The lowest BCUT2D eigenvalue weighted by Crippen LogP contribution is -2.06. The summed E-state index contributed by atoms with van der Waals surface area (Å²) in [4.78, 5) is 4.14. The number of halogens is 2. The third kappa shape index (κ3) is 3.82. The van der Waals surface area contributed by atoms with Crippen LogP contribution in [-0.4, -0.2) is 25.2 Å². The van der Waals surface area contributed by atoms with Gasteiger partial charge in [-0.1, -0.05) is 11.6 Å². The van der Waals surface area contributed by atoms with Gasteiger partial charge in [0.1, 0.15) is 5.82 Å². The number of aromatic nitrogens is 1. The van der Waals surface area contributed by atoms with Crippen LogP contribution >= 0.6 is 27.5 Å². The first-order valence-corrected chi connectivity index (χ1v) is 5.45. The van der Waals surface area contributed by atoms with Gasteiger partial charge in [0.2, 0.25) is 0 Å². The van der Waals surface area contributed by atoms with Gasteiger partial charge in [0.25, 0.3) is 0 Å². The van der Waals surface area contributed by atoms with E-state index in [0.29, 0.717) is 10.8 Å². The van der Waals surface area contributed by atoms with Gasteiger partial charge < -0.3 is 10.1 Å². The van der Waals surface area contributed by atoms with Crippen molar-refractivity contribution in [1.29, 1.82) is 0 Å². The Bertz CT molecular complexity index is 296. The summed E-state index contributed by atoms with van der Waals surface area (Å²) in [5.74, 6) is 0.714. The molecule has 78 valence electrons. The summed E-state index contributed by atoms with van der Waals surface area (Å²) < 4.78 is 5.81. The fourth-order valence-electron chi connectivity index (χ4n) is 0.968. The van der Waals surface area contributed by atoms with Gasteiger partial charge in [-0.25, -0.2) is 4.98 Å². The van der Waals surface area contributed by atoms with Crippen LogP contribution in [-0.2, 0) is 4.74 Å². The number of hydrogen-bond donors (Lipinski definition) is 1. The van der Waals surface area contributed by atoms with Crippen molar-refractivity contribution in [3.05, 3.63) is 21.8 Å². The van der Waals surface area contributed by atoms with Gasteiger partial charge in [-0.2, -0.15) is 0 Å². The highest BCUT2D eigenvalue weighted by Crippen LogP contribution is 2.22. The molecule has 0 fully saturated rings. The lowest BCUT2D eigenvalue weighted by atomic mass is 10.4. The zero-order valence-corrected chi connectivity index (χ0v) is 10.2. The summed E-state index contributed by atoms with van der Waals surface area (Å²) >= 11 is 9.25. The second-order valence-electron chi connectivity index (χ2n) is 2.76. The molecule has 3 nitrogen and oxygen atoms in total. The molecular weight excluding hydrogens is 267 g/mol. The molecule has 0 atom stereocenters. The fourth-order valence-corrected chi connectivity index (χ4v) is 1.66. The quantitative estimate of drug-likeness (QED) is 0.842. The van der Waals surface area contributed by atoms with Gasteiger partial charge in [-0.3, -0.25) is 0 Å². The average Bonchev–Trinajstić information content (AvgIpc) is 2.15. The van der Waals surface area contributed by atoms with E-state index >= 15 is 0 Å². The first-order chi connectivity index (χ1) is 6.74. The number of anilines is 1. The molecule has 1 rings (SSSR count). The summed E-state index contributed by atoms with van der Waals surface area (Å²) in [5.41, 5.74) is 0. The van der Waals surface area contributed by atoms with Crippen molar-refractivity contribution < 1.29 is 4.74 Å². The van der Waals surface area contributed by atoms with Crippen LogP contribution in [0.4, 0.5) is 5.82 Å². The van der Waals surface area contributed by atoms with Gasteiger partial charge in [0.05, 0.1) is 5.02 Å². The van der Waals surface area contributed by atoms with Crippen molar-refractivity contribution >= 4 is 33.3 Å². The first kappa shape index (κ1) is 11.8. The third-order valence-corrected chi connectivity index (χ3v) is 2.35. The van der Waals surface area contributed by atoms with E-state index in [9.17, 15) is 0 Å². The van der Waals surface area contributed by atoms with Crippen molar-refractivity contribution in [2.24, 2.45) is 0 Å². The van der Waals surface area contributed by atoms with Crippen LogP contribution in [0.3, 0.4) is 0 Å². The summed E-state index contributed by atoms with van der Waals surface area (Å²) in [6, 6.07) is 1.81. The number of hydrogen-bond acceptors (Lipinski definition) is 3. The third-order valence-electron chi connectivity index (χ3n) is 1.63. The van der Waals surface area contributed by atoms with Crippen molar-refractivity contribution in [3.8, 4) is 0 Å². The van der Waals surface area contributed by atoms with E-state index in [1.807, 2.05) is 6.07 Å². The van der Waals surface area contributed by atoms with E-state index in [-0.39, 0.29) is 0 Å². The molecule has 1 heterocycles. The van der Waals surface area contributed by atoms with Gasteiger partial charge >= 0.3 is 0 Å². The zero-order valence-electron chi connectivity index (χ0n) is 7.89.